The van der Waals surface area contributed by atoms with Crippen LogP contribution in [-0.4, -0.2) is 16.3 Å². The number of aliphatic imine (C=N–C) groups is 1. The van der Waals surface area contributed by atoms with E-state index in [1.807, 2.05) is 0 Å². The maximum atomic E-state index is 13.5. The molecular weight excluding hydrogens is 409 g/mol. The zero-order valence-corrected chi connectivity index (χ0v) is 15.5. The van der Waals surface area contributed by atoms with Gasteiger partial charge in [-0.2, -0.15) is 0 Å². The van der Waals surface area contributed by atoms with Gasteiger partial charge >= 0.3 is 0 Å². The van der Waals surface area contributed by atoms with Crippen molar-refractivity contribution in [3.8, 4) is 17.2 Å². The molecule has 4 aromatic rings. The molecule has 0 fully saturated rings. The van der Waals surface area contributed by atoms with E-state index in [1.165, 1.54) is 12.3 Å². The summed E-state index contributed by atoms with van der Waals surface area (Å²) in [5, 5.41) is 10.3. The molecule has 0 spiro atoms. The first kappa shape index (κ1) is 18.4. The topological polar surface area (TPSA) is 58.6 Å². The van der Waals surface area contributed by atoms with Crippen LogP contribution >= 0.6 is 23.2 Å². The molecule has 4 nitrogen and oxygen atoms in total. The number of nitrogens with zero attached hydrogens (tertiary/aromatic N) is 2. The molecule has 28 heavy (non-hydrogen) atoms. The molecule has 0 unspecified atom stereocenters. The Morgan fingerprint density at radius 1 is 1.00 bits per heavy atom. The summed E-state index contributed by atoms with van der Waals surface area (Å²) in [6.45, 7) is 0. The zero-order chi connectivity index (χ0) is 19.8. The summed E-state index contributed by atoms with van der Waals surface area (Å²) in [5.41, 5.74) is 2.04. The molecule has 0 atom stereocenters. The molecule has 0 radical (unpaired) electrons. The van der Waals surface area contributed by atoms with E-state index in [4.69, 9.17) is 27.6 Å². The third-order valence-electron chi connectivity index (χ3n) is 3.95. The van der Waals surface area contributed by atoms with E-state index < -0.39 is 11.6 Å². The molecule has 4 rings (SSSR count). The van der Waals surface area contributed by atoms with Gasteiger partial charge in [0.1, 0.15) is 11.3 Å². The molecule has 0 bridgehead atoms. The summed E-state index contributed by atoms with van der Waals surface area (Å²) >= 11 is 11.9. The van der Waals surface area contributed by atoms with E-state index in [2.05, 4.69) is 9.98 Å². The quantitative estimate of drug-likeness (QED) is 0.303. The molecule has 140 valence electrons. The van der Waals surface area contributed by atoms with Gasteiger partial charge in [0.15, 0.2) is 17.2 Å². The van der Waals surface area contributed by atoms with Crippen LogP contribution < -0.4 is 0 Å². The number of halogens is 4. The lowest BCUT2D eigenvalue weighted by atomic mass is 10.2. The maximum Gasteiger partial charge on any atom is 0.228 e. The summed E-state index contributed by atoms with van der Waals surface area (Å²) in [4.78, 5) is 8.57. The van der Waals surface area contributed by atoms with Crippen molar-refractivity contribution in [3.05, 3.63) is 75.8 Å². The van der Waals surface area contributed by atoms with Crippen LogP contribution in [0.2, 0.25) is 10.0 Å². The van der Waals surface area contributed by atoms with Crippen LogP contribution in [0, 0.1) is 11.6 Å². The Kier molecular flexibility index (Phi) is 4.75. The Labute approximate surface area is 167 Å². The number of benzene rings is 3. The molecule has 0 aliphatic rings. The largest absolute Gasteiger partial charge is 0.507 e. The summed E-state index contributed by atoms with van der Waals surface area (Å²) in [5.74, 6) is -1.99. The molecule has 0 aliphatic carbocycles. The van der Waals surface area contributed by atoms with Crippen molar-refractivity contribution < 1.29 is 18.3 Å². The minimum absolute atomic E-state index is 0.0138. The highest BCUT2D eigenvalue weighted by molar-refractivity contribution is 6.33. The van der Waals surface area contributed by atoms with Crippen molar-refractivity contribution in [1.29, 1.82) is 0 Å². The SMILES string of the molecule is Oc1ccc(Cl)cc1C=Nc1ccc2oc(-c3cc(F)c(F)cc3Cl)nc2c1. The van der Waals surface area contributed by atoms with Crippen LogP contribution in [0.25, 0.3) is 22.6 Å². The number of fused-ring (bicyclic) bond motifs is 1. The Morgan fingerprint density at radius 3 is 2.61 bits per heavy atom. The van der Waals surface area contributed by atoms with Crippen LogP contribution in [0.3, 0.4) is 0 Å². The van der Waals surface area contributed by atoms with E-state index in [-0.39, 0.29) is 22.2 Å². The van der Waals surface area contributed by atoms with Crippen molar-refractivity contribution in [3.63, 3.8) is 0 Å². The fraction of sp³-hybridized carbons (Fsp3) is 0. The zero-order valence-electron chi connectivity index (χ0n) is 14.0. The summed E-state index contributed by atoms with van der Waals surface area (Å²) in [7, 11) is 0. The van der Waals surface area contributed by atoms with Crippen LogP contribution in [-0.2, 0) is 0 Å². The number of aromatic hydroxyl groups is 1. The number of oxazole rings is 1. The summed E-state index contributed by atoms with van der Waals surface area (Å²) in [6, 6.07) is 11.4. The van der Waals surface area contributed by atoms with Gasteiger partial charge < -0.3 is 9.52 Å². The minimum atomic E-state index is -1.05. The number of phenolic OH excluding ortho intramolecular Hbond substituents is 1. The third kappa shape index (κ3) is 3.56. The minimum Gasteiger partial charge on any atom is -0.507 e. The molecule has 1 aromatic heterocycles. The van der Waals surface area contributed by atoms with Gasteiger partial charge in [-0.25, -0.2) is 13.8 Å². The lowest BCUT2D eigenvalue weighted by Gasteiger charge is -2.00. The Hall–Kier alpha value is -2.96. The second-order valence-corrected chi connectivity index (χ2v) is 6.72. The van der Waals surface area contributed by atoms with Gasteiger partial charge in [0.25, 0.3) is 0 Å². The van der Waals surface area contributed by atoms with E-state index in [0.717, 1.165) is 12.1 Å². The summed E-state index contributed by atoms with van der Waals surface area (Å²) < 4.78 is 32.4. The van der Waals surface area contributed by atoms with E-state index in [9.17, 15) is 13.9 Å². The van der Waals surface area contributed by atoms with Crippen LogP contribution in [0.15, 0.2) is 57.9 Å². The van der Waals surface area contributed by atoms with Gasteiger partial charge in [0, 0.05) is 16.8 Å². The number of rotatable bonds is 3. The fourth-order valence-electron chi connectivity index (χ4n) is 2.57. The van der Waals surface area contributed by atoms with Crippen LogP contribution in [0.1, 0.15) is 5.56 Å². The highest BCUT2D eigenvalue weighted by Gasteiger charge is 2.15. The first-order valence-electron chi connectivity index (χ1n) is 7.99. The van der Waals surface area contributed by atoms with Gasteiger partial charge in [-0.05, 0) is 48.5 Å². The number of aromatic nitrogens is 1. The highest BCUT2D eigenvalue weighted by Crippen LogP contribution is 2.33. The van der Waals surface area contributed by atoms with Crippen LogP contribution in [0.5, 0.6) is 5.75 Å². The molecule has 0 amide bonds. The van der Waals surface area contributed by atoms with E-state index in [0.29, 0.717) is 27.4 Å². The molecule has 3 aromatic carbocycles. The molecule has 0 saturated carbocycles. The third-order valence-corrected chi connectivity index (χ3v) is 4.50. The first-order chi connectivity index (χ1) is 13.4. The molecule has 0 saturated heterocycles. The Bertz CT molecular complexity index is 1240. The summed E-state index contributed by atoms with van der Waals surface area (Å²) in [6.07, 6.45) is 1.47. The van der Waals surface area contributed by atoms with Crippen molar-refractivity contribution in [2.75, 3.05) is 0 Å². The lowest BCUT2D eigenvalue weighted by Crippen LogP contribution is -1.87. The number of hydrogen-bond donors (Lipinski definition) is 1. The maximum absolute atomic E-state index is 13.5. The van der Waals surface area contributed by atoms with Crippen molar-refractivity contribution in [2.24, 2.45) is 4.99 Å². The second kappa shape index (κ2) is 7.22. The standard InChI is InChI=1S/C20H10Cl2F2N2O2/c21-11-1-3-18(27)10(5-11)9-25-12-2-4-19-17(6-12)26-20(28-19)13-7-15(23)16(24)8-14(13)22/h1-9,27H. The van der Waals surface area contributed by atoms with Crippen LogP contribution in [0.4, 0.5) is 14.5 Å². The average molecular weight is 419 g/mol. The second-order valence-electron chi connectivity index (χ2n) is 5.88. The first-order valence-corrected chi connectivity index (χ1v) is 8.74. The van der Waals surface area contributed by atoms with Gasteiger partial charge in [0.2, 0.25) is 5.89 Å². The molecule has 1 heterocycles. The van der Waals surface area contributed by atoms with Crippen molar-refractivity contribution >= 4 is 46.2 Å². The van der Waals surface area contributed by atoms with Crippen molar-refractivity contribution in [2.45, 2.75) is 0 Å². The normalized spacial score (nSPS) is 11.6. The van der Waals surface area contributed by atoms with Gasteiger partial charge in [-0.15, -0.1) is 0 Å². The number of hydrogen-bond acceptors (Lipinski definition) is 4. The Balaban J connectivity index is 1.70. The smallest absolute Gasteiger partial charge is 0.228 e. The predicted octanol–water partition coefficient (Wildman–Crippen LogP) is 6.54. The van der Waals surface area contributed by atoms with E-state index in [1.54, 1.807) is 30.3 Å². The van der Waals surface area contributed by atoms with E-state index >= 15 is 0 Å². The monoisotopic (exact) mass is 418 g/mol. The molecule has 1 N–H and O–H groups in total. The lowest BCUT2D eigenvalue weighted by molar-refractivity contribution is 0.474. The van der Waals surface area contributed by atoms with Gasteiger partial charge in [0.05, 0.1) is 16.3 Å². The molecule has 8 heteroatoms. The fourth-order valence-corrected chi connectivity index (χ4v) is 2.98. The average Bonchev–Trinajstić information content (AvgIpc) is 3.08. The van der Waals surface area contributed by atoms with Gasteiger partial charge in [-0.1, -0.05) is 23.2 Å². The molecular formula is C20H10Cl2F2N2O2. The van der Waals surface area contributed by atoms with Crippen molar-refractivity contribution in [1.82, 2.24) is 4.98 Å². The highest BCUT2D eigenvalue weighted by atomic mass is 35.5. The number of phenols is 1. The van der Waals surface area contributed by atoms with Gasteiger partial charge in [-0.3, -0.25) is 4.99 Å². The molecule has 0 aliphatic heterocycles. The predicted molar refractivity (Wildman–Crippen MR) is 105 cm³/mol. The Morgan fingerprint density at radius 2 is 1.79 bits per heavy atom.